The summed E-state index contributed by atoms with van der Waals surface area (Å²) in [6.07, 6.45) is 1.97. The molecule has 31 heavy (non-hydrogen) atoms. The van der Waals surface area contributed by atoms with E-state index in [1.54, 1.807) is 18.4 Å². The van der Waals surface area contributed by atoms with Crippen molar-refractivity contribution in [2.24, 2.45) is 23.5 Å². The summed E-state index contributed by atoms with van der Waals surface area (Å²) in [5, 5.41) is 0. The van der Waals surface area contributed by atoms with Crippen molar-refractivity contribution in [3.05, 3.63) is 16.7 Å². The van der Waals surface area contributed by atoms with Gasteiger partial charge in [0.25, 0.3) is 5.56 Å². The van der Waals surface area contributed by atoms with Crippen molar-refractivity contribution in [2.75, 3.05) is 18.9 Å². The SMILES string of the molecule is CC(C)C(=O)OCC(CCn1cnc2c(=O)[nH]c(N)nc21)COC(=O)[C@@H](N)C(C)C.Cl. The first-order valence-corrected chi connectivity index (χ1v) is 9.89. The zero-order valence-corrected chi connectivity index (χ0v) is 19.0. The Kier molecular flexibility index (Phi) is 9.92. The van der Waals surface area contributed by atoms with Crippen molar-refractivity contribution in [1.29, 1.82) is 0 Å². The Morgan fingerprint density at radius 1 is 1.16 bits per heavy atom. The molecule has 0 radical (unpaired) electrons. The standard InChI is InChI=1S/C19H30N6O5.ClH/c1-10(2)13(20)18(28)30-8-12(7-29-17(27)11(3)4)5-6-25-9-22-14-15(25)23-19(21)24-16(14)26;/h9-13H,5-8,20H2,1-4H3,(H3,21,23,24,26);1H/t12?,13-;/m0./s1. The number of hydrogen-bond acceptors (Lipinski definition) is 9. The number of carbonyl (C=O) groups excluding carboxylic acids is 2. The maximum Gasteiger partial charge on any atom is 0.323 e. The summed E-state index contributed by atoms with van der Waals surface area (Å²) in [4.78, 5) is 46.4. The maximum atomic E-state index is 12.1. The van der Waals surface area contributed by atoms with Gasteiger partial charge in [-0.3, -0.25) is 19.4 Å². The van der Waals surface area contributed by atoms with E-state index in [1.807, 2.05) is 13.8 Å². The highest BCUT2D eigenvalue weighted by Gasteiger charge is 2.22. The van der Waals surface area contributed by atoms with Crippen LogP contribution in [0.4, 0.5) is 5.95 Å². The topological polar surface area (TPSA) is 168 Å². The molecular formula is C19H31ClN6O5. The summed E-state index contributed by atoms with van der Waals surface area (Å²) in [7, 11) is 0. The van der Waals surface area contributed by atoms with Crippen LogP contribution in [0.1, 0.15) is 34.1 Å². The minimum atomic E-state index is -0.722. The van der Waals surface area contributed by atoms with Crippen molar-refractivity contribution in [1.82, 2.24) is 19.5 Å². The number of imidazole rings is 1. The van der Waals surface area contributed by atoms with Crippen LogP contribution < -0.4 is 17.0 Å². The molecule has 0 saturated carbocycles. The number of halogens is 1. The number of carbonyl (C=O) groups is 2. The Hall–Kier alpha value is -2.66. The summed E-state index contributed by atoms with van der Waals surface area (Å²) >= 11 is 0. The molecule has 5 N–H and O–H groups in total. The van der Waals surface area contributed by atoms with E-state index < -0.39 is 17.6 Å². The fourth-order valence-electron chi connectivity index (χ4n) is 2.61. The van der Waals surface area contributed by atoms with Gasteiger partial charge in [-0.1, -0.05) is 27.7 Å². The van der Waals surface area contributed by atoms with Crippen LogP contribution in [0.2, 0.25) is 0 Å². The molecule has 0 aliphatic heterocycles. The second-order valence-corrected chi connectivity index (χ2v) is 7.90. The monoisotopic (exact) mass is 458 g/mol. The second kappa shape index (κ2) is 11.7. The number of aromatic nitrogens is 4. The van der Waals surface area contributed by atoms with Crippen LogP contribution in [0.3, 0.4) is 0 Å². The number of nitrogens with two attached hydrogens (primary N) is 2. The molecule has 11 nitrogen and oxygen atoms in total. The molecular weight excluding hydrogens is 428 g/mol. The number of rotatable bonds is 10. The zero-order valence-electron chi connectivity index (χ0n) is 18.2. The Labute approximate surface area is 186 Å². The molecule has 0 bridgehead atoms. The van der Waals surface area contributed by atoms with Crippen LogP contribution >= 0.6 is 12.4 Å². The van der Waals surface area contributed by atoms with Gasteiger partial charge in [0.1, 0.15) is 6.04 Å². The largest absolute Gasteiger partial charge is 0.465 e. The number of esters is 2. The lowest BCUT2D eigenvalue weighted by Crippen LogP contribution is -2.38. The first kappa shape index (κ1) is 26.4. The molecule has 2 aromatic heterocycles. The van der Waals surface area contributed by atoms with E-state index in [-0.39, 0.29) is 60.8 Å². The quantitative estimate of drug-likeness (QED) is 0.437. The second-order valence-electron chi connectivity index (χ2n) is 7.90. The van der Waals surface area contributed by atoms with E-state index in [9.17, 15) is 14.4 Å². The van der Waals surface area contributed by atoms with Gasteiger partial charge in [-0.2, -0.15) is 4.98 Å². The Morgan fingerprint density at radius 2 is 1.77 bits per heavy atom. The van der Waals surface area contributed by atoms with E-state index in [0.29, 0.717) is 18.6 Å². The van der Waals surface area contributed by atoms with Crippen LogP contribution in [0.25, 0.3) is 11.2 Å². The number of aryl methyl sites for hydroxylation is 1. The molecule has 0 aromatic carbocycles. The van der Waals surface area contributed by atoms with E-state index >= 15 is 0 Å². The van der Waals surface area contributed by atoms with Gasteiger partial charge < -0.3 is 25.5 Å². The average molecular weight is 459 g/mol. The first-order chi connectivity index (χ1) is 14.1. The predicted molar refractivity (Wildman–Crippen MR) is 117 cm³/mol. The van der Waals surface area contributed by atoms with E-state index in [1.165, 1.54) is 6.33 Å². The van der Waals surface area contributed by atoms with Gasteiger partial charge in [-0.15, -0.1) is 12.4 Å². The molecule has 1 unspecified atom stereocenters. The molecule has 2 aromatic rings. The number of hydrogen-bond donors (Lipinski definition) is 3. The molecule has 0 amide bonds. The molecule has 12 heteroatoms. The minimum absolute atomic E-state index is 0. The molecule has 174 valence electrons. The minimum Gasteiger partial charge on any atom is -0.465 e. The normalized spacial score (nSPS) is 13.1. The number of nitrogens with one attached hydrogen (secondary N) is 1. The lowest BCUT2D eigenvalue weighted by Gasteiger charge is -2.20. The van der Waals surface area contributed by atoms with Crippen LogP contribution in [0, 0.1) is 17.8 Å². The number of H-pyrrole nitrogens is 1. The third-order valence-corrected chi connectivity index (χ3v) is 4.66. The van der Waals surface area contributed by atoms with Crippen molar-refractivity contribution in [2.45, 2.75) is 46.7 Å². The number of ether oxygens (including phenoxy) is 2. The van der Waals surface area contributed by atoms with Crippen molar-refractivity contribution >= 4 is 41.5 Å². The fraction of sp³-hybridized carbons (Fsp3) is 0.632. The highest BCUT2D eigenvalue weighted by atomic mass is 35.5. The number of fused-ring (bicyclic) bond motifs is 1. The zero-order chi connectivity index (χ0) is 22.4. The lowest BCUT2D eigenvalue weighted by molar-refractivity contribution is -0.152. The Bertz CT molecular complexity index is 942. The molecule has 2 rings (SSSR count). The number of nitrogens with zero attached hydrogens (tertiary/aromatic N) is 3. The van der Waals surface area contributed by atoms with Crippen molar-refractivity contribution in [3.8, 4) is 0 Å². The van der Waals surface area contributed by atoms with Gasteiger partial charge in [0.05, 0.1) is 25.5 Å². The third-order valence-electron chi connectivity index (χ3n) is 4.66. The molecule has 0 saturated heterocycles. The number of aromatic amines is 1. The van der Waals surface area contributed by atoms with E-state index in [0.717, 1.165) is 0 Å². The number of anilines is 1. The molecule has 0 aliphatic carbocycles. The molecule has 0 aliphatic rings. The van der Waals surface area contributed by atoms with Gasteiger partial charge in [0, 0.05) is 12.5 Å². The van der Waals surface area contributed by atoms with Gasteiger partial charge in [0.15, 0.2) is 11.2 Å². The summed E-state index contributed by atoms with van der Waals surface area (Å²) in [5.74, 6) is -1.43. The third kappa shape index (κ3) is 7.21. The van der Waals surface area contributed by atoms with E-state index in [4.69, 9.17) is 20.9 Å². The van der Waals surface area contributed by atoms with Gasteiger partial charge in [-0.25, -0.2) is 4.98 Å². The highest BCUT2D eigenvalue weighted by molar-refractivity contribution is 5.85. The summed E-state index contributed by atoms with van der Waals surface area (Å²) in [5.41, 5.74) is 11.6. The molecule has 0 spiro atoms. The molecule has 0 fully saturated rings. The van der Waals surface area contributed by atoms with Crippen LogP contribution in [-0.4, -0.2) is 50.7 Å². The van der Waals surface area contributed by atoms with Crippen LogP contribution in [0.15, 0.2) is 11.1 Å². The lowest BCUT2D eigenvalue weighted by atomic mass is 10.1. The summed E-state index contributed by atoms with van der Waals surface area (Å²) in [6, 6.07) is -0.722. The van der Waals surface area contributed by atoms with Crippen LogP contribution in [0.5, 0.6) is 0 Å². The fourth-order valence-corrected chi connectivity index (χ4v) is 2.61. The summed E-state index contributed by atoms with van der Waals surface area (Å²) in [6.45, 7) is 7.69. The van der Waals surface area contributed by atoms with E-state index in [2.05, 4.69) is 15.0 Å². The van der Waals surface area contributed by atoms with Crippen molar-refractivity contribution in [3.63, 3.8) is 0 Å². The Morgan fingerprint density at radius 3 is 2.35 bits per heavy atom. The average Bonchev–Trinajstić information content (AvgIpc) is 3.09. The Balaban J connectivity index is 0.00000480. The summed E-state index contributed by atoms with van der Waals surface area (Å²) < 4.78 is 12.3. The molecule has 2 atom stereocenters. The maximum absolute atomic E-state index is 12.1. The number of nitrogen functional groups attached to an aromatic ring is 1. The van der Waals surface area contributed by atoms with Gasteiger partial charge in [-0.05, 0) is 12.3 Å². The van der Waals surface area contributed by atoms with Gasteiger partial charge >= 0.3 is 11.9 Å². The van der Waals surface area contributed by atoms with Crippen molar-refractivity contribution < 1.29 is 19.1 Å². The highest BCUT2D eigenvalue weighted by Crippen LogP contribution is 2.13. The predicted octanol–water partition coefficient (Wildman–Crippen LogP) is 0.856. The van der Waals surface area contributed by atoms with Crippen LogP contribution in [-0.2, 0) is 25.6 Å². The smallest absolute Gasteiger partial charge is 0.323 e. The first-order valence-electron chi connectivity index (χ1n) is 9.89. The van der Waals surface area contributed by atoms with Gasteiger partial charge in [0.2, 0.25) is 5.95 Å². The molecule has 2 heterocycles.